The SMILES string of the molecule is c1ccc2c(c1)-c1ccccc1C21c2ccccc2-c2ccc(N(c3cc(-c4cccc5ccccc45)cc(-c4cccc5ccccc45)c3)c3ccc4c5ccccc5c5ccccc5c4c3)cc21. The van der Waals surface area contributed by atoms with Gasteiger partial charge in [0.15, 0.2) is 0 Å². The van der Waals surface area contributed by atoms with Crippen LogP contribution < -0.4 is 4.90 Å². The maximum absolute atomic E-state index is 2.54. The zero-order valence-corrected chi connectivity index (χ0v) is 38.3. The van der Waals surface area contributed by atoms with Crippen LogP contribution in [0.5, 0.6) is 0 Å². The monoisotopic (exact) mass is 885 g/mol. The molecule has 0 radical (unpaired) electrons. The fraction of sp³-hybridized carbons (Fsp3) is 0.0145. The normalized spacial score (nSPS) is 13.0. The number of fused-ring (bicyclic) bond motifs is 18. The zero-order valence-electron chi connectivity index (χ0n) is 38.3. The van der Waals surface area contributed by atoms with Crippen LogP contribution in [0.1, 0.15) is 22.3 Å². The first-order chi connectivity index (χ1) is 34.7. The van der Waals surface area contributed by atoms with E-state index in [1.807, 2.05) is 0 Å². The van der Waals surface area contributed by atoms with Crippen molar-refractivity contribution >= 4 is 70.9 Å². The average molecular weight is 886 g/mol. The summed E-state index contributed by atoms with van der Waals surface area (Å²) in [5.41, 5.74) is 18.1. The van der Waals surface area contributed by atoms with Gasteiger partial charge < -0.3 is 4.90 Å². The highest BCUT2D eigenvalue weighted by Crippen LogP contribution is 2.63. The van der Waals surface area contributed by atoms with Crippen LogP contribution in [-0.2, 0) is 5.41 Å². The molecule has 1 nitrogen and oxygen atoms in total. The minimum atomic E-state index is -0.488. The predicted molar refractivity (Wildman–Crippen MR) is 296 cm³/mol. The molecular formula is C69H43N. The van der Waals surface area contributed by atoms with E-state index in [9.17, 15) is 0 Å². The van der Waals surface area contributed by atoms with Gasteiger partial charge in [0, 0.05) is 17.1 Å². The molecule has 13 aromatic carbocycles. The molecule has 1 heteroatoms. The summed E-state index contributed by atoms with van der Waals surface area (Å²) in [4.78, 5) is 2.54. The highest BCUT2D eigenvalue weighted by atomic mass is 15.1. The highest BCUT2D eigenvalue weighted by Gasteiger charge is 2.51. The van der Waals surface area contributed by atoms with Crippen LogP contribution in [0.4, 0.5) is 17.1 Å². The van der Waals surface area contributed by atoms with E-state index in [4.69, 9.17) is 0 Å². The van der Waals surface area contributed by atoms with Gasteiger partial charge in [-0.3, -0.25) is 0 Å². The Kier molecular flexibility index (Phi) is 8.35. The number of hydrogen-bond acceptors (Lipinski definition) is 1. The molecule has 0 saturated carbocycles. The van der Waals surface area contributed by atoms with Gasteiger partial charge in [-0.2, -0.15) is 0 Å². The van der Waals surface area contributed by atoms with Gasteiger partial charge in [0.2, 0.25) is 0 Å². The van der Waals surface area contributed by atoms with Crippen molar-refractivity contribution in [2.45, 2.75) is 5.41 Å². The lowest BCUT2D eigenvalue weighted by atomic mass is 9.70. The first kappa shape index (κ1) is 39.0. The predicted octanol–water partition coefficient (Wildman–Crippen LogP) is 18.6. The molecular weight excluding hydrogens is 843 g/mol. The van der Waals surface area contributed by atoms with Gasteiger partial charge >= 0.3 is 0 Å². The topological polar surface area (TPSA) is 3.24 Å². The summed E-state index contributed by atoms with van der Waals surface area (Å²) in [7, 11) is 0. The van der Waals surface area contributed by atoms with Gasteiger partial charge in [0.05, 0.1) is 5.41 Å². The largest absolute Gasteiger partial charge is 0.310 e. The quantitative estimate of drug-likeness (QED) is 0.156. The third kappa shape index (κ3) is 5.49. The number of nitrogens with zero attached hydrogens (tertiary/aromatic N) is 1. The maximum Gasteiger partial charge on any atom is 0.0726 e. The van der Waals surface area contributed by atoms with E-state index in [0.717, 1.165) is 17.1 Å². The lowest BCUT2D eigenvalue weighted by Gasteiger charge is -2.32. The fourth-order valence-electron chi connectivity index (χ4n) is 12.7. The van der Waals surface area contributed by atoms with Crippen molar-refractivity contribution in [3.8, 4) is 44.5 Å². The first-order valence-electron chi connectivity index (χ1n) is 24.4. The van der Waals surface area contributed by atoms with Crippen LogP contribution in [-0.4, -0.2) is 0 Å². The van der Waals surface area contributed by atoms with Gasteiger partial charge in [-0.25, -0.2) is 0 Å². The summed E-state index contributed by atoms with van der Waals surface area (Å²) < 4.78 is 0. The molecule has 0 heterocycles. The summed E-state index contributed by atoms with van der Waals surface area (Å²) in [5, 5.41) is 12.5. The number of rotatable bonds is 5. The maximum atomic E-state index is 2.54. The Bertz CT molecular complexity index is 4120. The van der Waals surface area contributed by atoms with Crippen LogP contribution >= 0.6 is 0 Å². The Morgan fingerprint density at radius 3 is 1.11 bits per heavy atom. The number of benzene rings is 13. The first-order valence-corrected chi connectivity index (χ1v) is 24.4. The second kappa shape index (κ2) is 15.0. The summed E-state index contributed by atoms with van der Waals surface area (Å²) >= 11 is 0. The third-order valence-corrected chi connectivity index (χ3v) is 15.6. The van der Waals surface area contributed by atoms with Gasteiger partial charge in [0.25, 0.3) is 0 Å². The Labute approximate surface area is 406 Å². The molecule has 70 heavy (non-hydrogen) atoms. The van der Waals surface area contributed by atoms with E-state index in [1.165, 1.54) is 121 Å². The minimum absolute atomic E-state index is 0.488. The molecule has 0 aromatic heterocycles. The molecule has 0 fully saturated rings. The molecule has 13 aromatic rings. The summed E-state index contributed by atoms with van der Waals surface area (Å²) in [6.07, 6.45) is 0. The summed E-state index contributed by atoms with van der Waals surface area (Å²) in [5.74, 6) is 0. The molecule has 0 N–H and O–H groups in total. The number of hydrogen-bond donors (Lipinski definition) is 0. The van der Waals surface area contributed by atoms with E-state index >= 15 is 0 Å². The Morgan fingerprint density at radius 2 is 0.586 bits per heavy atom. The molecule has 0 aliphatic heterocycles. The van der Waals surface area contributed by atoms with Gasteiger partial charge in [-0.15, -0.1) is 0 Å². The van der Waals surface area contributed by atoms with Gasteiger partial charge in [0.1, 0.15) is 0 Å². The summed E-state index contributed by atoms with van der Waals surface area (Å²) in [6.45, 7) is 0. The van der Waals surface area contributed by atoms with Crippen molar-refractivity contribution in [1.82, 2.24) is 0 Å². The smallest absolute Gasteiger partial charge is 0.0726 e. The lowest BCUT2D eigenvalue weighted by molar-refractivity contribution is 0.793. The van der Waals surface area contributed by atoms with Crippen molar-refractivity contribution in [1.29, 1.82) is 0 Å². The van der Waals surface area contributed by atoms with E-state index in [-0.39, 0.29) is 0 Å². The standard InChI is InChI=1S/C69H43N/c1-3-21-51-44(17-1)19-15-30-53(51)46-39-47(54-31-16-20-45-18-2-4-22-52(45)54)41-50(40-46)70(48-35-37-59-57-25-6-5-23-55(57)56-24-7-8-26-58(56)64(59)42-48)49-36-38-63-62-29-11-14-34-67(62)69(68(63)43-49)65-32-12-9-27-60(65)61-28-10-13-33-66(61)69/h1-43H. The molecule has 2 aliphatic carbocycles. The fourth-order valence-corrected chi connectivity index (χ4v) is 12.7. The van der Waals surface area contributed by atoms with E-state index in [0.29, 0.717) is 0 Å². The van der Waals surface area contributed by atoms with Crippen molar-refractivity contribution in [3.63, 3.8) is 0 Å². The van der Waals surface area contributed by atoms with Crippen molar-refractivity contribution in [2.24, 2.45) is 0 Å². The zero-order chi connectivity index (χ0) is 45.9. The van der Waals surface area contributed by atoms with Crippen LogP contribution in [0.25, 0.3) is 98.4 Å². The van der Waals surface area contributed by atoms with Gasteiger partial charge in [-0.05, 0) is 163 Å². The Balaban J connectivity index is 1.06. The van der Waals surface area contributed by atoms with Crippen LogP contribution in [0.15, 0.2) is 261 Å². The van der Waals surface area contributed by atoms with E-state index in [1.54, 1.807) is 0 Å². The second-order valence-electron chi connectivity index (χ2n) is 19.1. The van der Waals surface area contributed by atoms with E-state index < -0.39 is 5.41 Å². The minimum Gasteiger partial charge on any atom is -0.310 e. The Hall–Kier alpha value is -9.04. The number of anilines is 3. The van der Waals surface area contributed by atoms with Crippen molar-refractivity contribution < 1.29 is 0 Å². The van der Waals surface area contributed by atoms with Crippen LogP contribution in [0, 0.1) is 0 Å². The average Bonchev–Trinajstić information content (AvgIpc) is 3.90. The lowest BCUT2D eigenvalue weighted by Crippen LogP contribution is -2.26. The molecule has 0 bridgehead atoms. The summed E-state index contributed by atoms with van der Waals surface area (Å²) in [6, 6.07) is 97.8. The molecule has 0 unspecified atom stereocenters. The molecule has 0 atom stereocenters. The van der Waals surface area contributed by atoms with Crippen LogP contribution in [0.2, 0.25) is 0 Å². The van der Waals surface area contributed by atoms with Crippen molar-refractivity contribution in [3.05, 3.63) is 283 Å². The third-order valence-electron chi connectivity index (χ3n) is 15.6. The van der Waals surface area contributed by atoms with Gasteiger partial charge in [-0.1, -0.05) is 218 Å². The van der Waals surface area contributed by atoms with Crippen molar-refractivity contribution in [2.75, 3.05) is 4.90 Å². The molecule has 0 saturated heterocycles. The van der Waals surface area contributed by atoms with E-state index in [2.05, 4.69) is 266 Å². The highest BCUT2D eigenvalue weighted by molar-refractivity contribution is 6.26. The molecule has 1 spiro atoms. The molecule has 0 amide bonds. The second-order valence-corrected chi connectivity index (χ2v) is 19.1. The molecule has 2 aliphatic rings. The van der Waals surface area contributed by atoms with Crippen LogP contribution in [0.3, 0.4) is 0 Å². The molecule has 15 rings (SSSR count). The molecule has 324 valence electrons. The Morgan fingerprint density at radius 1 is 0.214 bits per heavy atom.